The van der Waals surface area contributed by atoms with E-state index in [1.165, 1.54) is 14.2 Å². The second-order valence-corrected chi connectivity index (χ2v) is 6.94. The zero-order valence-electron chi connectivity index (χ0n) is 16.8. The molecule has 0 saturated carbocycles. The highest BCUT2D eigenvalue weighted by Crippen LogP contribution is 2.31. The Morgan fingerprint density at radius 3 is 2.17 bits per heavy atom. The lowest BCUT2D eigenvalue weighted by atomic mass is 9.93. The third kappa shape index (κ3) is 4.58. The SMILES string of the molecule is COc1cccc(C(=O)NCC(C)(O)c2ccc(-c3ccccc3)cc2)c1OC. The molecule has 2 N–H and O–H groups in total. The van der Waals surface area contributed by atoms with E-state index in [-0.39, 0.29) is 12.5 Å². The first-order valence-corrected chi connectivity index (χ1v) is 9.34. The first kappa shape index (κ1) is 20.4. The van der Waals surface area contributed by atoms with Crippen LogP contribution in [0.25, 0.3) is 11.1 Å². The van der Waals surface area contributed by atoms with E-state index in [0.29, 0.717) is 17.1 Å². The van der Waals surface area contributed by atoms with Crippen molar-refractivity contribution in [3.05, 3.63) is 83.9 Å². The molecule has 5 heteroatoms. The predicted molar refractivity (Wildman–Crippen MR) is 113 cm³/mol. The second-order valence-electron chi connectivity index (χ2n) is 6.94. The van der Waals surface area contributed by atoms with Crippen molar-refractivity contribution in [1.82, 2.24) is 5.32 Å². The Kier molecular flexibility index (Phi) is 6.20. The number of benzene rings is 3. The van der Waals surface area contributed by atoms with Gasteiger partial charge < -0.3 is 19.9 Å². The Bertz CT molecular complexity index is 966. The molecular weight excluding hydrogens is 366 g/mol. The van der Waals surface area contributed by atoms with Gasteiger partial charge >= 0.3 is 0 Å². The number of hydrogen-bond acceptors (Lipinski definition) is 4. The smallest absolute Gasteiger partial charge is 0.255 e. The Balaban J connectivity index is 1.72. The molecule has 0 aliphatic heterocycles. The summed E-state index contributed by atoms with van der Waals surface area (Å²) in [6.45, 7) is 1.73. The summed E-state index contributed by atoms with van der Waals surface area (Å²) in [6.07, 6.45) is 0. The highest BCUT2D eigenvalue weighted by molar-refractivity contribution is 5.97. The summed E-state index contributed by atoms with van der Waals surface area (Å²) < 4.78 is 10.5. The number of methoxy groups -OCH3 is 2. The van der Waals surface area contributed by atoms with Crippen LogP contribution in [0.1, 0.15) is 22.8 Å². The summed E-state index contributed by atoms with van der Waals surface area (Å²) in [5.41, 5.74) is 2.02. The number of amides is 1. The van der Waals surface area contributed by atoms with Crippen molar-refractivity contribution >= 4 is 5.91 Å². The first-order valence-electron chi connectivity index (χ1n) is 9.34. The lowest BCUT2D eigenvalue weighted by Gasteiger charge is -2.25. The average Bonchev–Trinajstić information content (AvgIpc) is 2.77. The second kappa shape index (κ2) is 8.80. The maximum atomic E-state index is 12.7. The van der Waals surface area contributed by atoms with E-state index in [2.05, 4.69) is 5.32 Å². The van der Waals surface area contributed by atoms with Gasteiger partial charge in [0.25, 0.3) is 5.91 Å². The fraction of sp³-hybridized carbons (Fsp3) is 0.208. The monoisotopic (exact) mass is 391 g/mol. The van der Waals surface area contributed by atoms with Crippen LogP contribution in [0.15, 0.2) is 72.8 Å². The molecule has 3 aromatic carbocycles. The highest BCUT2D eigenvalue weighted by Gasteiger charge is 2.25. The molecule has 3 rings (SSSR count). The summed E-state index contributed by atoms with van der Waals surface area (Å²) in [6, 6.07) is 22.8. The van der Waals surface area contributed by atoms with Crippen molar-refractivity contribution in [1.29, 1.82) is 0 Å². The number of para-hydroxylation sites is 1. The molecule has 1 amide bonds. The maximum Gasteiger partial charge on any atom is 0.255 e. The highest BCUT2D eigenvalue weighted by atomic mass is 16.5. The Morgan fingerprint density at radius 1 is 0.897 bits per heavy atom. The van der Waals surface area contributed by atoms with Gasteiger partial charge in [0.05, 0.1) is 26.3 Å². The Morgan fingerprint density at radius 2 is 1.55 bits per heavy atom. The van der Waals surface area contributed by atoms with Gasteiger partial charge in [-0.15, -0.1) is 0 Å². The number of rotatable bonds is 7. The lowest BCUT2D eigenvalue weighted by molar-refractivity contribution is 0.0525. The van der Waals surface area contributed by atoms with Crippen LogP contribution in [0.4, 0.5) is 0 Å². The van der Waals surface area contributed by atoms with Gasteiger partial charge in [-0.1, -0.05) is 60.7 Å². The molecular formula is C24H25NO4. The summed E-state index contributed by atoms with van der Waals surface area (Å²) in [7, 11) is 3.00. The Labute approximate surface area is 170 Å². The fourth-order valence-electron chi connectivity index (χ4n) is 3.17. The van der Waals surface area contributed by atoms with Gasteiger partial charge in [-0.25, -0.2) is 0 Å². The third-order valence-electron chi connectivity index (χ3n) is 4.85. The van der Waals surface area contributed by atoms with Gasteiger partial charge in [-0.05, 0) is 35.7 Å². The summed E-state index contributed by atoms with van der Waals surface area (Å²) >= 11 is 0. The topological polar surface area (TPSA) is 67.8 Å². The molecule has 0 aliphatic rings. The molecule has 0 aliphatic carbocycles. The molecule has 29 heavy (non-hydrogen) atoms. The van der Waals surface area contributed by atoms with Gasteiger partial charge in [0.15, 0.2) is 11.5 Å². The van der Waals surface area contributed by atoms with Crippen molar-refractivity contribution in [2.45, 2.75) is 12.5 Å². The minimum absolute atomic E-state index is 0.0525. The number of ether oxygens (including phenoxy) is 2. The fourth-order valence-corrected chi connectivity index (χ4v) is 3.17. The normalized spacial score (nSPS) is 12.7. The summed E-state index contributed by atoms with van der Waals surface area (Å²) in [5, 5.41) is 13.7. The van der Waals surface area contributed by atoms with Gasteiger partial charge in [0.2, 0.25) is 0 Å². The van der Waals surface area contributed by atoms with Crippen LogP contribution in [0.5, 0.6) is 11.5 Å². The molecule has 0 saturated heterocycles. The van der Waals surface area contributed by atoms with E-state index in [4.69, 9.17) is 9.47 Å². The standard InChI is InChI=1S/C24H25NO4/c1-24(27,19-14-12-18(13-15-19)17-8-5-4-6-9-17)16-25-23(26)20-10-7-11-21(28-2)22(20)29-3/h4-15,27H,16H2,1-3H3,(H,25,26). The minimum atomic E-state index is -1.23. The third-order valence-corrected chi connectivity index (χ3v) is 4.85. The molecule has 0 radical (unpaired) electrons. The van der Waals surface area contributed by atoms with E-state index in [1.807, 2.05) is 54.6 Å². The number of nitrogens with one attached hydrogen (secondary N) is 1. The van der Waals surface area contributed by atoms with Crippen LogP contribution in [0.3, 0.4) is 0 Å². The van der Waals surface area contributed by atoms with Crippen LogP contribution in [0, 0.1) is 0 Å². The average molecular weight is 391 g/mol. The zero-order valence-corrected chi connectivity index (χ0v) is 16.8. The van der Waals surface area contributed by atoms with E-state index in [0.717, 1.165) is 16.7 Å². The minimum Gasteiger partial charge on any atom is -0.493 e. The number of carbonyl (C=O) groups is 1. The number of carbonyl (C=O) groups excluding carboxylic acids is 1. The van der Waals surface area contributed by atoms with Crippen LogP contribution >= 0.6 is 0 Å². The largest absolute Gasteiger partial charge is 0.493 e. The van der Waals surface area contributed by atoms with Gasteiger partial charge in [-0.3, -0.25) is 4.79 Å². The van der Waals surface area contributed by atoms with Crippen molar-refractivity contribution in [2.24, 2.45) is 0 Å². The number of hydrogen-bond donors (Lipinski definition) is 2. The quantitative estimate of drug-likeness (QED) is 0.639. The van der Waals surface area contributed by atoms with E-state index < -0.39 is 5.60 Å². The summed E-state index contributed by atoms with van der Waals surface area (Å²) in [4.78, 5) is 12.7. The summed E-state index contributed by atoms with van der Waals surface area (Å²) in [5.74, 6) is 0.490. The van der Waals surface area contributed by atoms with Crippen molar-refractivity contribution in [3.8, 4) is 22.6 Å². The van der Waals surface area contributed by atoms with Crippen LogP contribution in [-0.4, -0.2) is 31.8 Å². The van der Waals surface area contributed by atoms with Gasteiger partial charge in [0.1, 0.15) is 5.60 Å². The van der Waals surface area contributed by atoms with E-state index in [1.54, 1.807) is 25.1 Å². The van der Waals surface area contributed by atoms with E-state index >= 15 is 0 Å². The molecule has 0 fully saturated rings. The van der Waals surface area contributed by atoms with Crippen LogP contribution in [0.2, 0.25) is 0 Å². The molecule has 0 bridgehead atoms. The maximum absolute atomic E-state index is 12.7. The molecule has 150 valence electrons. The van der Waals surface area contributed by atoms with Crippen molar-refractivity contribution in [2.75, 3.05) is 20.8 Å². The van der Waals surface area contributed by atoms with Crippen molar-refractivity contribution < 1.29 is 19.4 Å². The molecule has 1 atom stereocenters. The van der Waals surface area contributed by atoms with E-state index in [9.17, 15) is 9.90 Å². The molecule has 3 aromatic rings. The molecule has 1 unspecified atom stereocenters. The first-order chi connectivity index (χ1) is 14.0. The van der Waals surface area contributed by atoms with Crippen LogP contribution in [-0.2, 0) is 5.60 Å². The van der Waals surface area contributed by atoms with Crippen LogP contribution < -0.4 is 14.8 Å². The number of aliphatic hydroxyl groups is 1. The predicted octanol–water partition coefficient (Wildman–Crippen LogP) is 4.01. The zero-order chi connectivity index (χ0) is 20.9. The lowest BCUT2D eigenvalue weighted by Crippen LogP contribution is -2.38. The van der Waals surface area contributed by atoms with Gasteiger partial charge in [-0.2, -0.15) is 0 Å². The van der Waals surface area contributed by atoms with Crippen molar-refractivity contribution in [3.63, 3.8) is 0 Å². The van der Waals surface area contributed by atoms with Gasteiger partial charge in [0, 0.05) is 0 Å². The molecule has 0 spiro atoms. The Hall–Kier alpha value is -3.31. The molecule has 5 nitrogen and oxygen atoms in total. The molecule has 0 heterocycles. The molecule has 0 aromatic heterocycles.